The number of fused-ring (bicyclic) bond motifs is 1. The summed E-state index contributed by atoms with van der Waals surface area (Å²) in [5, 5.41) is 11.3. The standard InChI is InChI=1S/C19H19N3O7/c1-27-16-10-12(15(22(25)26)11-17(16)28-2)18(23)29-9-5-8-21-14-7-4-3-6-13(14)20-19(21)24/h3-4,6-7,10-11H,5,8-9H2,1-2H3,(H,20,24). The molecular weight excluding hydrogens is 382 g/mol. The maximum absolute atomic E-state index is 12.4. The Balaban J connectivity index is 1.70. The highest BCUT2D eigenvalue weighted by atomic mass is 16.6. The summed E-state index contributed by atoms with van der Waals surface area (Å²) in [5.41, 5.74) is 0.528. The highest BCUT2D eigenvalue weighted by Crippen LogP contribution is 2.34. The lowest BCUT2D eigenvalue weighted by molar-refractivity contribution is -0.385. The molecule has 0 aliphatic rings. The Morgan fingerprint density at radius 3 is 2.55 bits per heavy atom. The number of aryl methyl sites for hydroxylation is 1. The number of imidazole rings is 1. The van der Waals surface area contributed by atoms with E-state index in [2.05, 4.69) is 4.98 Å². The number of aromatic amines is 1. The molecule has 0 spiro atoms. The molecule has 0 radical (unpaired) electrons. The van der Waals surface area contributed by atoms with E-state index < -0.39 is 16.6 Å². The molecule has 10 heteroatoms. The minimum absolute atomic E-state index is 0.0176. The van der Waals surface area contributed by atoms with Crippen molar-refractivity contribution in [2.45, 2.75) is 13.0 Å². The van der Waals surface area contributed by atoms with Gasteiger partial charge in [-0.2, -0.15) is 0 Å². The van der Waals surface area contributed by atoms with Crippen molar-refractivity contribution < 1.29 is 23.9 Å². The fourth-order valence-corrected chi connectivity index (χ4v) is 2.98. The summed E-state index contributed by atoms with van der Waals surface area (Å²) >= 11 is 0. The molecular formula is C19H19N3O7. The lowest BCUT2D eigenvalue weighted by Crippen LogP contribution is -2.18. The number of hydrogen-bond acceptors (Lipinski definition) is 7. The second-order valence-corrected chi connectivity index (χ2v) is 6.07. The molecule has 1 N–H and O–H groups in total. The summed E-state index contributed by atoms with van der Waals surface area (Å²) in [6.07, 6.45) is 0.356. The number of ether oxygens (including phenoxy) is 3. The monoisotopic (exact) mass is 401 g/mol. The Bertz CT molecular complexity index is 1120. The van der Waals surface area contributed by atoms with Gasteiger partial charge in [0.2, 0.25) is 0 Å². The van der Waals surface area contributed by atoms with Crippen LogP contribution in [0.3, 0.4) is 0 Å². The van der Waals surface area contributed by atoms with E-state index in [1.165, 1.54) is 20.3 Å². The number of esters is 1. The second kappa shape index (κ2) is 8.46. The third-order valence-corrected chi connectivity index (χ3v) is 4.36. The Labute approximate surface area is 164 Å². The smallest absolute Gasteiger partial charge is 0.345 e. The van der Waals surface area contributed by atoms with E-state index in [4.69, 9.17) is 14.2 Å². The van der Waals surface area contributed by atoms with Crippen LogP contribution in [-0.2, 0) is 11.3 Å². The number of carbonyl (C=O) groups excluding carboxylic acids is 1. The van der Waals surface area contributed by atoms with Crippen LogP contribution in [0, 0.1) is 10.1 Å². The summed E-state index contributed by atoms with van der Waals surface area (Å²) in [6.45, 7) is 0.306. The van der Waals surface area contributed by atoms with Gasteiger partial charge in [0.1, 0.15) is 5.56 Å². The molecule has 1 heterocycles. The van der Waals surface area contributed by atoms with Gasteiger partial charge in [-0.15, -0.1) is 0 Å². The molecule has 0 amide bonds. The van der Waals surface area contributed by atoms with Crippen LogP contribution < -0.4 is 15.2 Å². The summed E-state index contributed by atoms with van der Waals surface area (Å²) in [6, 6.07) is 9.57. The maximum Gasteiger partial charge on any atom is 0.345 e. The fourth-order valence-electron chi connectivity index (χ4n) is 2.98. The van der Waals surface area contributed by atoms with Crippen molar-refractivity contribution >= 4 is 22.7 Å². The molecule has 3 rings (SSSR count). The third kappa shape index (κ3) is 4.05. The molecule has 0 aliphatic carbocycles. The van der Waals surface area contributed by atoms with Crippen LogP contribution in [0.2, 0.25) is 0 Å². The first-order valence-electron chi connectivity index (χ1n) is 8.71. The number of rotatable bonds is 8. The van der Waals surface area contributed by atoms with Gasteiger partial charge in [0.05, 0.1) is 42.8 Å². The lowest BCUT2D eigenvalue weighted by Gasteiger charge is -2.10. The topological polar surface area (TPSA) is 126 Å². The van der Waals surface area contributed by atoms with E-state index in [9.17, 15) is 19.7 Å². The zero-order valence-electron chi connectivity index (χ0n) is 15.8. The summed E-state index contributed by atoms with van der Waals surface area (Å²) in [7, 11) is 2.70. The van der Waals surface area contributed by atoms with Gasteiger partial charge >= 0.3 is 11.7 Å². The van der Waals surface area contributed by atoms with Gasteiger partial charge in [-0.3, -0.25) is 14.7 Å². The highest BCUT2D eigenvalue weighted by Gasteiger charge is 2.25. The van der Waals surface area contributed by atoms with Gasteiger partial charge in [-0.05, 0) is 18.6 Å². The normalized spacial score (nSPS) is 10.7. The average molecular weight is 401 g/mol. The van der Waals surface area contributed by atoms with E-state index in [1.807, 2.05) is 18.2 Å². The van der Waals surface area contributed by atoms with Crippen molar-refractivity contribution in [2.24, 2.45) is 0 Å². The fraction of sp³-hybridized carbons (Fsp3) is 0.263. The molecule has 0 fully saturated rings. The van der Waals surface area contributed by atoms with Crippen LogP contribution in [0.1, 0.15) is 16.8 Å². The second-order valence-electron chi connectivity index (χ2n) is 6.07. The Kier molecular flexibility index (Phi) is 5.82. The van der Waals surface area contributed by atoms with Gasteiger partial charge < -0.3 is 19.2 Å². The quantitative estimate of drug-likeness (QED) is 0.266. The number of para-hydroxylation sites is 2. The van der Waals surface area contributed by atoms with Crippen molar-refractivity contribution in [2.75, 3.05) is 20.8 Å². The predicted octanol–water partition coefficient (Wildman–Crippen LogP) is 2.50. The van der Waals surface area contributed by atoms with Crippen LogP contribution in [-0.4, -0.2) is 41.3 Å². The Morgan fingerprint density at radius 2 is 1.86 bits per heavy atom. The number of nitro benzene ring substituents is 1. The first-order chi connectivity index (χ1) is 14.0. The number of nitrogens with zero attached hydrogens (tertiary/aromatic N) is 2. The molecule has 152 valence electrons. The van der Waals surface area contributed by atoms with Crippen molar-refractivity contribution in [1.29, 1.82) is 0 Å². The van der Waals surface area contributed by atoms with Gasteiger partial charge in [0.15, 0.2) is 11.5 Å². The van der Waals surface area contributed by atoms with E-state index >= 15 is 0 Å². The van der Waals surface area contributed by atoms with Crippen LogP contribution in [0.15, 0.2) is 41.2 Å². The third-order valence-electron chi connectivity index (χ3n) is 4.36. The van der Waals surface area contributed by atoms with Crippen LogP contribution in [0.5, 0.6) is 11.5 Å². The van der Waals surface area contributed by atoms with Gasteiger partial charge in [-0.25, -0.2) is 9.59 Å². The molecule has 0 bridgehead atoms. The predicted molar refractivity (Wildman–Crippen MR) is 104 cm³/mol. The molecule has 3 aromatic rings. The van der Waals surface area contributed by atoms with Crippen LogP contribution in [0.25, 0.3) is 11.0 Å². The SMILES string of the molecule is COc1cc(C(=O)OCCCn2c(=O)[nH]c3ccccc32)c([N+](=O)[O-])cc1OC. The summed E-state index contributed by atoms with van der Waals surface area (Å²) < 4.78 is 16.8. The first-order valence-corrected chi connectivity index (χ1v) is 8.71. The van der Waals surface area contributed by atoms with Crippen molar-refractivity contribution in [3.05, 3.63) is 62.6 Å². The minimum atomic E-state index is -0.857. The van der Waals surface area contributed by atoms with E-state index in [0.717, 1.165) is 17.1 Å². The molecule has 2 aromatic carbocycles. The lowest BCUT2D eigenvalue weighted by atomic mass is 10.1. The van der Waals surface area contributed by atoms with Gasteiger partial charge in [0, 0.05) is 12.6 Å². The molecule has 0 aliphatic heterocycles. The van der Waals surface area contributed by atoms with Crippen molar-refractivity contribution in [3.63, 3.8) is 0 Å². The number of carbonyl (C=O) groups is 1. The van der Waals surface area contributed by atoms with Crippen molar-refractivity contribution in [1.82, 2.24) is 9.55 Å². The number of hydrogen-bond donors (Lipinski definition) is 1. The minimum Gasteiger partial charge on any atom is -0.493 e. The molecule has 0 unspecified atom stereocenters. The van der Waals surface area contributed by atoms with Gasteiger partial charge in [0.25, 0.3) is 5.69 Å². The molecule has 10 nitrogen and oxygen atoms in total. The van der Waals surface area contributed by atoms with E-state index in [1.54, 1.807) is 10.6 Å². The number of nitro groups is 1. The van der Waals surface area contributed by atoms with Crippen molar-refractivity contribution in [3.8, 4) is 11.5 Å². The zero-order chi connectivity index (χ0) is 21.0. The summed E-state index contributed by atoms with van der Waals surface area (Å²) in [5.74, 6) is -0.547. The Hall–Kier alpha value is -3.82. The molecule has 1 aromatic heterocycles. The molecule has 0 saturated heterocycles. The maximum atomic E-state index is 12.4. The first kappa shape index (κ1) is 19.9. The van der Waals surface area contributed by atoms with E-state index in [0.29, 0.717) is 13.0 Å². The summed E-state index contributed by atoms with van der Waals surface area (Å²) in [4.78, 5) is 37.8. The van der Waals surface area contributed by atoms with Crippen LogP contribution in [0.4, 0.5) is 5.69 Å². The molecule has 29 heavy (non-hydrogen) atoms. The van der Waals surface area contributed by atoms with Gasteiger partial charge in [-0.1, -0.05) is 12.1 Å². The largest absolute Gasteiger partial charge is 0.493 e. The number of H-pyrrole nitrogens is 1. The molecule has 0 saturated carbocycles. The molecule has 0 atom stereocenters. The zero-order valence-corrected chi connectivity index (χ0v) is 15.8. The number of methoxy groups -OCH3 is 2. The van der Waals surface area contributed by atoms with E-state index in [-0.39, 0.29) is 29.4 Å². The average Bonchev–Trinajstić information content (AvgIpc) is 3.04. The Morgan fingerprint density at radius 1 is 1.17 bits per heavy atom. The number of aromatic nitrogens is 2. The number of nitrogens with one attached hydrogen (secondary N) is 1. The van der Waals surface area contributed by atoms with Crippen LogP contribution >= 0.6 is 0 Å². The number of benzene rings is 2. The highest BCUT2D eigenvalue weighted by molar-refractivity contribution is 5.95.